The standard InChI is InChI=1S/C23H18Cl3N5O2/c1-11-7-14(25)10-16(22(32)27-3)18(11)29-23(33)20-15-9-13(24)8-12(2)19(15)30-31(20)21-17(26)5-4-6-28-21/h4-10H,1-3H3,(H,27,32)(H,29,33). The molecule has 2 heterocycles. The van der Waals surface area contributed by atoms with Crippen molar-refractivity contribution in [3.8, 4) is 5.82 Å². The van der Waals surface area contributed by atoms with Crippen molar-refractivity contribution in [2.75, 3.05) is 12.4 Å². The van der Waals surface area contributed by atoms with E-state index < -0.39 is 5.91 Å². The number of carbonyl (C=O) groups excluding carboxylic acids is 2. The number of carbonyl (C=O) groups is 2. The molecule has 4 aromatic rings. The lowest BCUT2D eigenvalue weighted by molar-refractivity contribution is 0.0964. The molecule has 0 atom stereocenters. The first-order valence-electron chi connectivity index (χ1n) is 9.84. The maximum Gasteiger partial charge on any atom is 0.275 e. The van der Waals surface area contributed by atoms with Gasteiger partial charge in [0.2, 0.25) is 0 Å². The molecule has 0 radical (unpaired) electrons. The number of rotatable bonds is 4. The molecule has 0 saturated carbocycles. The number of pyridine rings is 1. The van der Waals surface area contributed by atoms with Crippen LogP contribution >= 0.6 is 34.8 Å². The van der Waals surface area contributed by atoms with Gasteiger partial charge in [0.05, 0.1) is 21.8 Å². The van der Waals surface area contributed by atoms with E-state index in [1.807, 2.05) is 6.92 Å². The topological polar surface area (TPSA) is 88.9 Å². The zero-order chi connectivity index (χ0) is 23.9. The number of nitrogens with zero attached hydrogens (tertiary/aromatic N) is 3. The lowest BCUT2D eigenvalue weighted by atomic mass is 10.1. The van der Waals surface area contributed by atoms with Gasteiger partial charge in [-0.15, -0.1) is 0 Å². The van der Waals surface area contributed by atoms with Crippen molar-refractivity contribution in [2.45, 2.75) is 13.8 Å². The van der Waals surface area contributed by atoms with Crippen LogP contribution in [0.2, 0.25) is 15.1 Å². The highest BCUT2D eigenvalue weighted by Gasteiger charge is 2.25. The monoisotopic (exact) mass is 501 g/mol. The van der Waals surface area contributed by atoms with Gasteiger partial charge in [-0.05, 0) is 61.4 Å². The van der Waals surface area contributed by atoms with Crippen LogP contribution in [0.4, 0.5) is 5.69 Å². The summed E-state index contributed by atoms with van der Waals surface area (Å²) < 4.78 is 1.39. The van der Waals surface area contributed by atoms with Crippen molar-refractivity contribution in [1.82, 2.24) is 20.1 Å². The predicted octanol–water partition coefficient (Wildman–Crippen LogP) is 5.61. The summed E-state index contributed by atoms with van der Waals surface area (Å²) >= 11 is 18.8. The summed E-state index contributed by atoms with van der Waals surface area (Å²) in [6.45, 7) is 3.60. The highest BCUT2D eigenvalue weighted by Crippen LogP contribution is 2.31. The van der Waals surface area contributed by atoms with Gasteiger partial charge in [0.15, 0.2) is 5.82 Å². The minimum absolute atomic E-state index is 0.174. The number of anilines is 1. The maximum atomic E-state index is 13.7. The molecule has 0 fully saturated rings. The number of amides is 2. The number of hydrogen-bond acceptors (Lipinski definition) is 4. The van der Waals surface area contributed by atoms with Gasteiger partial charge in [0.25, 0.3) is 11.8 Å². The number of nitrogens with one attached hydrogen (secondary N) is 2. The highest BCUT2D eigenvalue weighted by molar-refractivity contribution is 6.33. The van der Waals surface area contributed by atoms with Crippen molar-refractivity contribution in [2.24, 2.45) is 0 Å². The number of hydrogen-bond donors (Lipinski definition) is 2. The second-order valence-corrected chi connectivity index (χ2v) is 8.65. The SMILES string of the molecule is CNC(=O)c1cc(Cl)cc(C)c1NC(=O)c1c2cc(Cl)cc(C)c2nn1-c1ncccc1Cl. The molecule has 0 aliphatic heterocycles. The first-order chi connectivity index (χ1) is 15.7. The zero-order valence-electron chi connectivity index (χ0n) is 17.8. The minimum Gasteiger partial charge on any atom is -0.355 e. The van der Waals surface area contributed by atoms with Crippen molar-refractivity contribution in [3.63, 3.8) is 0 Å². The van der Waals surface area contributed by atoms with Gasteiger partial charge in [0, 0.05) is 28.7 Å². The Morgan fingerprint density at radius 1 is 0.970 bits per heavy atom. The molecule has 7 nitrogen and oxygen atoms in total. The molecule has 0 aliphatic rings. The first-order valence-corrected chi connectivity index (χ1v) is 11.0. The Balaban J connectivity index is 1.94. The Morgan fingerprint density at radius 2 is 1.67 bits per heavy atom. The van der Waals surface area contributed by atoms with Crippen molar-refractivity contribution in [1.29, 1.82) is 0 Å². The third kappa shape index (κ3) is 4.27. The second-order valence-electron chi connectivity index (χ2n) is 7.37. The number of aromatic nitrogens is 3. The van der Waals surface area contributed by atoms with Gasteiger partial charge >= 0.3 is 0 Å². The fourth-order valence-corrected chi connectivity index (χ4v) is 4.36. The van der Waals surface area contributed by atoms with Crippen LogP contribution in [0.25, 0.3) is 16.7 Å². The van der Waals surface area contributed by atoms with Crippen LogP contribution in [-0.2, 0) is 0 Å². The summed E-state index contributed by atoms with van der Waals surface area (Å²) in [6.07, 6.45) is 1.56. The summed E-state index contributed by atoms with van der Waals surface area (Å²) in [5.41, 5.74) is 2.71. The molecule has 168 valence electrons. The normalized spacial score (nSPS) is 11.0. The van der Waals surface area contributed by atoms with Gasteiger partial charge in [-0.1, -0.05) is 34.8 Å². The summed E-state index contributed by atoms with van der Waals surface area (Å²) in [6, 6.07) is 9.92. The van der Waals surface area contributed by atoms with E-state index in [0.717, 1.165) is 5.56 Å². The van der Waals surface area contributed by atoms with Crippen LogP contribution in [0.15, 0.2) is 42.6 Å². The van der Waals surface area contributed by atoms with E-state index in [2.05, 4.69) is 20.7 Å². The Bertz CT molecular complexity index is 1430. The van der Waals surface area contributed by atoms with Crippen LogP contribution in [-0.4, -0.2) is 33.6 Å². The molecule has 2 aromatic heterocycles. The molecule has 33 heavy (non-hydrogen) atoms. The Kier molecular flexibility index (Phi) is 6.30. The molecule has 0 unspecified atom stereocenters. The Labute approximate surface area is 204 Å². The highest BCUT2D eigenvalue weighted by atomic mass is 35.5. The number of benzene rings is 2. The molecule has 0 bridgehead atoms. The fraction of sp³-hybridized carbons (Fsp3) is 0.130. The third-order valence-electron chi connectivity index (χ3n) is 5.10. The van der Waals surface area contributed by atoms with Gasteiger partial charge in [-0.2, -0.15) is 5.10 Å². The fourth-order valence-electron chi connectivity index (χ4n) is 3.61. The first kappa shape index (κ1) is 23.0. The van der Waals surface area contributed by atoms with Crippen LogP contribution in [0, 0.1) is 13.8 Å². The largest absolute Gasteiger partial charge is 0.355 e. The van der Waals surface area contributed by atoms with Gasteiger partial charge in [0.1, 0.15) is 5.69 Å². The van der Waals surface area contributed by atoms with Crippen LogP contribution < -0.4 is 10.6 Å². The van der Waals surface area contributed by atoms with E-state index in [1.54, 1.807) is 43.5 Å². The molecule has 4 rings (SSSR count). The summed E-state index contributed by atoms with van der Waals surface area (Å²) in [5, 5.41) is 11.7. The van der Waals surface area contributed by atoms with E-state index in [1.165, 1.54) is 17.8 Å². The smallest absolute Gasteiger partial charge is 0.275 e. The summed E-state index contributed by atoms with van der Waals surface area (Å²) in [5.74, 6) is -0.618. The minimum atomic E-state index is -0.517. The lowest BCUT2D eigenvalue weighted by Gasteiger charge is -2.15. The van der Waals surface area contributed by atoms with Crippen LogP contribution in [0.3, 0.4) is 0 Å². The third-order valence-corrected chi connectivity index (χ3v) is 5.83. The molecule has 0 spiro atoms. The molecular formula is C23H18Cl3N5O2. The van der Waals surface area contributed by atoms with E-state index in [-0.39, 0.29) is 23.0 Å². The van der Waals surface area contributed by atoms with Gasteiger partial charge in [-0.3, -0.25) is 9.59 Å². The van der Waals surface area contributed by atoms with E-state index in [4.69, 9.17) is 34.8 Å². The molecule has 0 saturated heterocycles. The summed E-state index contributed by atoms with van der Waals surface area (Å²) in [7, 11) is 1.50. The van der Waals surface area contributed by atoms with Crippen molar-refractivity contribution < 1.29 is 9.59 Å². The van der Waals surface area contributed by atoms with E-state index in [9.17, 15) is 9.59 Å². The zero-order valence-corrected chi connectivity index (χ0v) is 20.1. The Hall–Kier alpha value is -3.13. The number of halogens is 3. The van der Waals surface area contributed by atoms with Gasteiger partial charge in [-0.25, -0.2) is 9.67 Å². The van der Waals surface area contributed by atoms with Crippen molar-refractivity contribution in [3.05, 3.63) is 80.0 Å². The van der Waals surface area contributed by atoms with E-state index >= 15 is 0 Å². The average Bonchev–Trinajstić information content (AvgIpc) is 3.14. The van der Waals surface area contributed by atoms with Crippen LogP contribution in [0.5, 0.6) is 0 Å². The predicted molar refractivity (Wildman–Crippen MR) is 131 cm³/mol. The van der Waals surface area contributed by atoms with Gasteiger partial charge < -0.3 is 10.6 Å². The molecule has 0 aliphatic carbocycles. The number of fused-ring (bicyclic) bond motifs is 1. The molecule has 2 N–H and O–H groups in total. The number of aryl methyl sites for hydroxylation is 2. The quantitative estimate of drug-likeness (QED) is 0.380. The molecular weight excluding hydrogens is 485 g/mol. The van der Waals surface area contributed by atoms with Crippen LogP contribution in [0.1, 0.15) is 32.0 Å². The average molecular weight is 503 g/mol. The molecule has 2 aromatic carbocycles. The molecule has 10 heteroatoms. The Morgan fingerprint density at radius 3 is 2.36 bits per heavy atom. The van der Waals surface area contributed by atoms with E-state index in [0.29, 0.717) is 37.2 Å². The molecule has 2 amide bonds. The summed E-state index contributed by atoms with van der Waals surface area (Å²) in [4.78, 5) is 30.4. The lowest BCUT2D eigenvalue weighted by Crippen LogP contribution is -2.23. The second kappa shape index (κ2) is 9.02. The maximum absolute atomic E-state index is 13.7. The van der Waals surface area contributed by atoms with Crippen molar-refractivity contribution >= 4 is 63.2 Å².